The molecule has 2 rings (SSSR count). The third kappa shape index (κ3) is 6.58. The van der Waals surface area contributed by atoms with Crippen molar-refractivity contribution in [3.63, 3.8) is 0 Å². The Morgan fingerprint density at radius 3 is 2.64 bits per heavy atom. The number of methoxy groups -OCH3 is 1. The van der Waals surface area contributed by atoms with Crippen LogP contribution in [0, 0.1) is 11.3 Å². The summed E-state index contributed by atoms with van der Waals surface area (Å²) >= 11 is 0. The van der Waals surface area contributed by atoms with Crippen LogP contribution >= 0.6 is 0 Å². The van der Waals surface area contributed by atoms with Gasteiger partial charge in [-0.3, -0.25) is 4.79 Å². The molecule has 28 heavy (non-hydrogen) atoms. The number of nitriles is 1. The van der Waals surface area contributed by atoms with Crippen LogP contribution in [0.25, 0.3) is 6.08 Å². The molecule has 6 nitrogen and oxygen atoms in total. The third-order valence-electron chi connectivity index (χ3n) is 4.55. The normalized spacial score (nSPS) is 15.0. The zero-order valence-corrected chi connectivity index (χ0v) is 16.4. The second-order valence-electron chi connectivity index (χ2n) is 6.64. The van der Waals surface area contributed by atoms with Crippen molar-refractivity contribution in [1.82, 2.24) is 5.32 Å². The average molecular weight is 382 g/mol. The summed E-state index contributed by atoms with van der Waals surface area (Å²) in [5.74, 6) is -0.519. The molecule has 0 heterocycles. The molecule has 1 aliphatic rings. The Labute approximate surface area is 165 Å². The molecule has 0 fully saturated rings. The maximum atomic E-state index is 12.2. The summed E-state index contributed by atoms with van der Waals surface area (Å²) in [5.41, 5.74) is 1.86. The van der Waals surface area contributed by atoms with Crippen LogP contribution in [0.5, 0.6) is 5.75 Å². The van der Waals surface area contributed by atoms with E-state index < -0.39 is 12.1 Å². The molecule has 1 amide bonds. The highest BCUT2D eigenvalue weighted by atomic mass is 16.5. The van der Waals surface area contributed by atoms with Crippen LogP contribution in [-0.2, 0) is 14.3 Å². The fraction of sp³-hybridized carbons (Fsp3) is 0.409. The lowest BCUT2D eigenvalue weighted by Gasteiger charge is -2.15. The van der Waals surface area contributed by atoms with Crippen molar-refractivity contribution in [3.05, 3.63) is 47.1 Å². The van der Waals surface area contributed by atoms with Crippen LogP contribution in [-0.4, -0.2) is 31.6 Å². The van der Waals surface area contributed by atoms with Gasteiger partial charge in [-0.15, -0.1) is 0 Å². The number of carbonyl (C=O) groups is 2. The van der Waals surface area contributed by atoms with Gasteiger partial charge in [-0.1, -0.05) is 23.8 Å². The molecule has 0 unspecified atom stereocenters. The number of nitrogens with zero attached hydrogens (tertiary/aromatic N) is 1. The molecular formula is C22H26N2O4. The van der Waals surface area contributed by atoms with Crippen LogP contribution in [0.15, 0.2) is 41.5 Å². The summed E-state index contributed by atoms with van der Waals surface area (Å²) < 4.78 is 10.2. The standard InChI is InChI=1S/C22H26N2O4/c1-16(21(25)24-13-12-17-6-4-3-5-7-17)28-22(26)19(15-23)14-18-8-10-20(27-2)11-9-18/h6,8-11,14,16H,3-5,7,12-13H2,1-2H3,(H,24,25)/b19-14+/t16-/m1/s1. The molecular weight excluding hydrogens is 356 g/mol. The number of rotatable bonds is 8. The quantitative estimate of drug-likeness (QED) is 0.321. The Kier molecular flexibility index (Phi) is 8.29. The van der Waals surface area contributed by atoms with Crippen molar-refractivity contribution >= 4 is 18.0 Å². The van der Waals surface area contributed by atoms with Gasteiger partial charge in [0.05, 0.1) is 7.11 Å². The zero-order chi connectivity index (χ0) is 20.4. The molecule has 1 atom stereocenters. The lowest BCUT2D eigenvalue weighted by atomic mass is 9.97. The van der Waals surface area contributed by atoms with Gasteiger partial charge in [-0.2, -0.15) is 5.26 Å². The number of nitrogens with one attached hydrogen (secondary N) is 1. The van der Waals surface area contributed by atoms with Crippen molar-refractivity contribution in [3.8, 4) is 11.8 Å². The van der Waals surface area contributed by atoms with Gasteiger partial charge in [-0.25, -0.2) is 4.79 Å². The fourth-order valence-electron chi connectivity index (χ4n) is 2.90. The number of hydrogen-bond acceptors (Lipinski definition) is 5. The lowest BCUT2D eigenvalue weighted by molar-refractivity contribution is -0.150. The van der Waals surface area contributed by atoms with Gasteiger partial charge in [0.25, 0.3) is 5.91 Å². The van der Waals surface area contributed by atoms with Crippen LogP contribution in [0.2, 0.25) is 0 Å². The van der Waals surface area contributed by atoms with Crippen LogP contribution < -0.4 is 10.1 Å². The van der Waals surface area contributed by atoms with Crippen molar-refractivity contribution in [2.24, 2.45) is 0 Å². The van der Waals surface area contributed by atoms with Crippen LogP contribution in [0.1, 0.15) is 44.6 Å². The molecule has 0 saturated carbocycles. The topological polar surface area (TPSA) is 88.4 Å². The molecule has 148 valence electrons. The Hall–Kier alpha value is -3.07. The number of hydrogen-bond donors (Lipinski definition) is 1. The number of allylic oxidation sites excluding steroid dienone is 1. The molecule has 6 heteroatoms. The summed E-state index contributed by atoms with van der Waals surface area (Å²) in [6, 6.07) is 8.72. The van der Waals surface area contributed by atoms with E-state index in [1.807, 2.05) is 6.07 Å². The number of amides is 1. The van der Waals surface area contributed by atoms with Crippen molar-refractivity contribution in [2.75, 3.05) is 13.7 Å². The van der Waals surface area contributed by atoms with E-state index in [2.05, 4.69) is 11.4 Å². The molecule has 0 radical (unpaired) electrons. The average Bonchev–Trinajstić information content (AvgIpc) is 2.72. The van der Waals surface area contributed by atoms with Gasteiger partial charge in [0, 0.05) is 6.54 Å². The minimum absolute atomic E-state index is 0.169. The predicted octanol–water partition coefficient (Wildman–Crippen LogP) is 3.54. The van der Waals surface area contributed by atoms with Crippen molar-refractivity contribution < 1.29 is 19.1 Å². The summed E-state index contributed by atoms with van der Waals surface area (Å²) in [6.45, 7) is 2.01. The van der Waals surface area contributed by atoms with Crippen molar-refractivity contribution in [2.45, 2.75) is 45.1 Å². The maximum Gasteiger partial charge on any atom is 0.349 e. The van der Waals surface area contributed by atoms with Gasteiger partial charge in [0.2, 0.25) is 0 Å². The van der Waals surface area contributed by atoms with E-state index in [4.69, 9.17) is 9.47 Å². The second-order valence-corrected chi connectivity index (χ2v) is 6.64. The number of benzene rings is 1. The molecule has 1 aromatic rings. The maximum absolute atomic E-state index is 12.2. The molecule has 1 aliphatic carbocycles. The van der Waals surface area contributed by atoms with Gasteiger partial charge in [0.1, 0.15) is 17.4 Å². The molecule has 0 bridgehead atoms. The Balaban J connectivity index is 1.86. The minimum Gasteiger partial charge on any atom is -0.497 e. The fourth-order valence-corrected chi connectivity index (χ4v) is 2.90. The summed E-state index contributed by atoms with van der Waals surface area (Å²) in [5, 5.41) is 12.0. The van der Waals surface area contributed by atoms with Gasteiger partial charge < -0.3 is 14.8 Å². The first-order valence-electron chi connectivity index (χ1n) is 9.46. The Morgan fingerprint density at radius 2 is 2.04 bits per heavy atom. The highest BCUT2D eigenvalue weighted by molar-refractivity contribution is 5.99. The zero-order valence-electron chi connectivity index (χ0n) is 16.4. The summed E-state index contributed by atoms with van der Waals surface area (Å²) in [7, 11) is 1.56. The number of ether oxygens (including phenoxy) is 2. The van der Waals surface area contributed by atoms with E-state index in [9.17, 15) is 14.9 Å². The molecule has 1 N–H and O–H groups in total. The molecule has 1 aromatic carbocycles. The monoisotopic (exact) mass is 382 g/mol. The van der Waals surface area contributed by atoms with Gasteiger partial charge in [-0.05, 0) is 62.8 Å². The molecule has 0 aliphatic heterocycles. The summed E-state index contributed by atoms with van der Waals surface area (Å²) in [4.78, 5) is 24.3. The SMILES string of the molecule is COc1ccc(/C=C(\C#N)C(=O)O[C@H](C)C(=O)NCCC2=CCCCC2)cc1. The smallest absolute Gasteiger partial charge is 0.349 e. The molecule has 0 aromatic heterocycles. The highest BCUT2D eigenvalue weighted by Gasteiger charge is 2.20. The van der Waals surface area contributed by atoms with Crippen molar-refractivity contribution in [1.29, 1.82) is 5.26 Å². The Morgan fingerprint density at radius 1 is 1.29 bits per heavy atom. The highest BCUT2D eigenvalue weighted by Crippen LogP contribution is 2.19. The predicted molar refractivity (Wildman–Crippen MR) is 106 cm³/mol. The first kappa shape index (κ1) is 21.2. The number of carbonyl (C=O) groups excluding carboxylic acids is 2. The van der Waals surface area contributed by atoms with E-state index in [0.717, 1.165) is 19.3 Å². The number of esters is 1. The largest absolute Gasteiger partial charge is 0.497 e. The summed E-state index contributed by atoms with van der Waals surface area (Å²) in [6.07, 6.45) is 8.12. The van der Waals surface area contributed by atoms with E-state index in [0.29, 0.717) is 17.9 Å². The third-order valence-corrected chi connectivity index (χ3v) is 4.55. The Bertz CT molecular complexity index is 788. The van der Waals surface area contributed by atoms with Gasteiger partial charge >= 0.3 is 5.97 Å². The van der Waals surface area contributed by atoms with E-state index in [1.165, 1.54) is 31.4 Å². The lowest BCUT2D eigenvalue weighted by Crippen LogP contribution is -2.36. The van der Waals surface area contributed by atoms with Gasteiger partial charge in [0.15, 0.2) is 6.10 Å². The first-order chi connectivity index (χ1) is 13.5. The minimum atomic E-state index is -0.972. The van der Waals surface area contributed by atoms with Crippen LogP contribution in [0.3, 0.4) is 0 Å². The second kappa shape index (κ2) is 10.9. The van der Waals surface area contributed by atoms with E-state index in [-0.39, 0.29) is 11.5 Å². The van der Waals surface area contributed by atoms with E-state index in [1.54, 1.807) is 31.4 Å². The first-order valence-corrected chi connectivity index (χ1v) is 9.46. The molecule has 0 spiro atoms. The van der Waals surface area contributed by atoms with E-state index >= 15 is 0 Å². The molecule has 0 saturated heterocycles. The van der Waals surface area contributed by atoms with Crippen LogP contribution in [0.4, 0.5) is 0 Å².